The average molecular weight is 335 g/mol. The number of hydrogen-bond acceptors (Lipinski definition) is 4. The zero-order valence-electron chi connectivity index (χ0n) is 13.8. The van der Waals surface area contributed by atoms with Gasteiger partial charge < -0.3 is 10.2 Å². The molecule has 1 aromatic heterocycles. The molecule has 1 N–H and O–H groups in total. The molecule has 1 aromatic rings. The second-order valence-corrected chi connectivity index (χ2v) is 7.50. The maximum atomic E-state index is 12.7. The summed E-state index contributed by atoms with van der Waals surface area (Å²) in [7, 11) is 1.66. The van der Waals surface area contributed by atoms with Crippen LogP contribution in [0, 0.1) is 0 Å². The van der Waals surface area contributed by atoms with E-state index in [1.54, 1.807) is 18.4 Å². The number of rotatable bonds is 3. The maximum Gasteiger partial charge on any atom is 0.264 e. The Kier molecular flexibility index (Phi) is 5.33. The van der Waals surface area contributed by atoms with Crippen LogP contribution in [0.2, 0.25) is 0 Å². The van der Waals surface area contributed by atoms with Crippen LogP contribution in [0.1, 0.15) is 39.4 Å². The van der Waals surface area contributed by atoms with E-state index in [2.05, 4.69) is 16.3 Å². The van der Waals surface area contributed by atoms with Crippen molar-refractivity contribution in [2.45, 2.75) is 32.1 Å². The Morgan fingerprint density at radius 3 is 2.61 bits per heavy atom. The molecule has 0 radical (unpaired) electrons. The molecule has 2 amide bonds. The normalized spacial score (nSPS) is 19.1. The minimum Gasteiger partial charge on any atom is -0.358 e. The summed E-state index contributed by atoms with van der Waals surface area (Å²) in [5, 5.41) is 2.65. The van der Waals surface area contributed by atoms with E-state index in [9.17, 15) is 9.59 Å². The van der Waals surface area contributed by atoms with Crippen LogP contribution < -0.4 is 5.32 Å². The summed E-state index contributed by atoms with van der Waals surface area (Å²) in [4.78, 5) is 30.5. The zero-order valence-corrected chi connectivity index (χ0v) is 14.6. The van der Waals surface area contributed by atoms with Gasteiger partial charge in [-0.3, -0.25) is 14.5 Å². The Morgan fingerprint density at radius 1 is 1.13 bits per heavy atom. The molecular weight excluding hydrogens is 310 g/mol. The van der Waals surface area contributed by atoms with Crippen LogP contribution in [-0.2, 0) is 17.6 Å². The van der Waals surface area contributed by atoms with E-state index >= 15 is 0 Å². The number of hydrogen-bond donors (Lipinski definition) is 1. The lowest BCUT2D eigenvalue weighted by atomic mass is 10.1. The minimum atomic E-state index is 0.0340. The van der Waals surface area contributed by atoms with Crippen molar-refractivity contribution >= 4 is 23.2 Å². The fraction of sp³-hybridized carbons (Fsp3) is 0.647. The van der Waals surface area contributed by atoms with Crippen molar-refractivity contribution < 1.29 is 9.59 Å². The highest BCUT2D eigenvalue weighted by Gasteiger charge is 2.25. The number of amides is 2. The molecule has 23 heavy (non-hydrogen) atoms. The molecule has 0 atom stereocenters. The Labute approximate surface area is 141 Å². The van der Waals surface area contributed by atoms with Crippen molar-refractivity contribution in [3.8, 4) is 0 Å². The van der Waals surface area contributed by atoms with Gasteiger partial charge in [-0.1, -0.05) is 6.42 Å². The van der Waals surface area contributed by atoms with Crippen LogP contribution in [0.25, 0.3) is 0 Å². The van der Waals surface area contributed by atoms with Crippen LogP contribution in [0.4, 0.5) is 0 Å². The predicted octanol–water partition coefficient (Wildman–Crippen LogP) is 1.52. The van der Waals surface area contributed by atoms with E-state index in [4.69, 9.17) is 0 Å². The molecule has 5 nitrogen and oxygen atoms in total. The van der Waals surface area contributed by atoms with Crippen LogP contribution >= 0.6 is 11.3 Å². The highest BCUT2D eigenvalue weighted by atomic mass is 32.1. The van der Waals surface area contributed by atoms with Gasteiger partial charge in [0.2, 0.25) is 5.91 Å². The molecule has 0 aromatic carbocycles. The van der Waals surface area contributed by atoms with E-state index in [1.165, 1.54) is 29.7 Å². The van der Waals surface area contributed by atoms with Gasteiger partial charge in [-0.15, -0.1) is 11.3 Å². The number of nitrogens with zero attached hydrogens (tertiary/aromatic N) is 2. The van der Waals surface area contributed by atoms with E-state index in [0.29, 0.717) is 19.6 Å². The predicted molar refractivity (Wildman–Crippen MR) is 92.0 cm³/mol. The molecule has 1 aliphatic heterocycles. The lowest BCUT2D eigenvalue weighted by molar-refractivity contribution is -0.122. The van der Waals surface area contributed by atoms with Gasteiger partial charge in [0.1, 0.15) is 0 Å². The fourth-order valence-corrected chi connectivity index (χ4v) is 4.54. The number of carbonyl (C=O) groups is 2. The minimum absolute atomic E-state index is 0.0340. The van der Waals surface area contributed by atoms with Crippen molar-refractivity contribution in [2.24, 2.45) is 0 Å². The third kappa shape index (κ3) is 3.93. The summed E-state index contributed by atoms with van der Waals surface area (Å²) in [6.45, 7) is 3.37. The van der Waals surface area contributed by atoms with Gasteiger partial charge in [0.15, 0.2) is 0 Å². The average Bonchev–Trinajstić information content (AvgIpc) is 2.85. The van der Waals surface area contributed by atoms with Crippen LogP contribution in [-0.4, -0.2) is 61.4 Å². The summed E-state index contributed by atoms with van der Waals surface area (Å²) in [5.41, 5.74) is 1.40. The number of nitrogens with one attached hydrogen (secondary N) is 1. The van der Waals surface area contributed by atoms with E-state index < -0.39 is 0 Å². The molecule has 6 heteroatoms. The smallest absolute Gasteiger partial charge is 0.264 e. The highest BCUT2D eigenvalue weighted by Crippen LogP contribution is 2.29. The van der Waals surface area contributed by atoms with Crippen molar-refractivity contribution in [3.05, 3.63) is 21.4 Å². The van der Waals surface area contributed by atoms with Crippen LogP contribution in [0.3, 0.4) is 0 Å². The molecule has 126 valence electrons. The van der Waals surface area contributed by atoms with Crippen LogP contribution in [0.15, 0.2) is 6.07 Å². The second-order valence-electron chi connectivity index (χ2n) is 6.36. The number of fused-ring (bicyclic) bond motifs is 1. The summed E-state index contributed by atoms with van der Waals surface area (Å²) < 4.78 is 0. The highest BCUT2D eigenvalue weighted by molar-refractivity contribution is 7.14. The largest absolute Gasteiger partial charge is 0.358 e. The fourth-order valence-electron chi connectivity index (χ4n) is 3.32. The topological polar surface area (TPSA) is 52.7 Å². The monoisotopic (exact) mass is 335 g/mol. The Balaban J connectivity index is 1.58. The lowest BCUT2D eigenvalue weighted by Crippen LogP contribution is -2.50. The van der Waals surface area contributed by atoms with Gasteiger partial charge in [0, 0.05) is 38.1 Å². The molecular formula is C17H25N3O2S. The first-order valence-corrected chi connectivity index (χ1v) is 9.33. The lowest BCUT2D eigenvalue weighted by Gasteiger charge is -2.34. The third-order valence-electron chi connectivity index (χ3n) is 4.76. The van der Waals surface area contributed by atoms with Gasteiger partial charge in [-0.25, -0.2) is 0 Å². The first kappa shape index (κ1) is 16.5. The van der Waals surface area contributed by atoms with Crippen LogP contribution in [0.5, 0.6) is 0 Å². The summed E-state index contributed by atoms with van der Waals surface area (Å²) in [5.74, 6) is 0.203. The SMILES string of the molecule is CNC(=O)CN1CCN(C(=O)c2cc3c(s2)CCCCC3)CC1. The molecule has 1 saturated heterocycles. The summed E-state index contributed by atoms with van der Waals surface area (Å²) in [6.07, 6.45) is 6.05. The molecule has 3 rings (SSSR count). The molecule has 0 saturated carbocycles. The third-order valence-corrected chi connectivity index (χ3v) is 5.99. The quantitative estimate of drug-likeness (QED) is 0.852. The molecule has 2 heterocycles. The number of aryl methyl sites for hydroxylation is 2. The molecule has 0 unspecified atom stereocenters. The number of thiophene rings is 1. The van der Waals surface area contributed by atoms with Gasteiger partial charge in [0.25, 0.3) is 5.91 Å². The number of carbonyl (C=O) groups excluding carboxylic acids is 2. The molecule has 0 spiro atoms. The molecule has 2 aliphatic rings. The number of likely N-dealkylation sites (N-methyl/N-ethyl adjacent to an activating group) is 1. The van der Waals surface area contributed by atoms with Gasteiger partial charge in [0.05, 0.1) is 11.4 Å². The van der Waals surface area contributed by atoms with E-state index in [0.717, 1.165) is 30.8 Å². The Bertz CT molecular complexity index is 553. The molecule has 0 bridgehead atoms. The van der Waals surface area contributed by atoms with Gasteiger partial charge in [-0.05, 0) is 37.3 Å². The first-order valence-electron chi connectivity index (χ1n) is 8.51. The van der Waals surface area contributed by atoms with E-state index in [1.807, 2.05) is 4.90 Å². The van der Waals surface area contributed by atoms with Crippen molar-refractivity contribution in [1.82, 2.24) is 15.1 Å². The van der Waals surface area contributed by atoms with E-state index in [-0.39, 0.29) is 11.8 Å². The van der Waals surface area contributed by atoms with Crippen molar-refractivity contribution in [1.29, 1.82) is 0 Å². The molecule has 1 aliphatic carbocycles. The Hall–Kier alpha value is -1.40. The number of piperazine rings is 1. The standard InChI is InChI=1S/C17H25N3O2S/c1-18-16(21)12-19-7-9-20(10-8-19)17(22)15-11-13-5-3-2-4-6-14(13)23-15/h11H,2-10,12H2,1H3,(H,18,21). The maximum absolute atomic E-state index is 12.7. The summed E-state index contributed by atoms with van der Waals surface area (Å²) >= 11 is 1.70. The first-order chi connectivity index (χ1) is 11.2. The van der Waals surface area contributed by atoms with Gasteiger partial charge >= 0.3 is 0 Å². The Morgan fingerprint density at radius 2 is 1.87 bits per heavy atom. The van der Waals surface area contributed by atoms with Gasteiger partial charge in [-0.2, -0.15) is 0 Å². The van der Waals surface area contributed by atoms with Crippen molar-refractivity contribution in [2.75, 3.05) is 39.8 Å². The summed E-state index contributed by atoms with van der Waals surface area (Å²) in [6, 6.07) is 2.13. The molecule has 1 fully saturated rings. The zero-order chi connectivity index (χ0) is 16.2. The van der Waals surface area contributed by atoms with Crippen molar-refractivity contribution in [3.63, 3.8) is 0 Å². The second kappa shape index (κ2) is 7.45.